The van der Waals surface area contributed by atoms with Crippen molar-refractivity contribution < 1.29 is 14.3 Å². The summed E-state index contributed by atoms with van der Waals surface area (Å²) in [5.41, 5.74) is 4.02. The number of nitrogens with one attached hydrogen (secondary N) is 3. The summed E-state index contributed by atoms with van der Waals surface area (Å²) in [7, 11) is 0. The molecule has 3 aromatic rings. The third-order valence-corrected chi connectivity index (χ3v) is 4.55. The number of aromatic nitrogens is 3. The summed E-state index contributed by atoms with van der Waals surface area (Å²) in [6.07, 6.45) is 2.85. The van der Waals surface area contributed by atoms with E-state index in [1.54, 1.807) is 24.3 Å². The van der Waals surface area contributed by atoms with Crippen LogP contribution >= 0.6 is 0 Å². The summed E-state index contributed by atoms with van der Waals surface area (Å²) in [4.78, 5) is 55.3. The molecule has 0 spiro atoms. The molecule has 3 N–H and O–H groups in total. The molecule has 0 saturated heterocycles. The Morgan fingerprint density at radius 1 is 1.06 bits per heavy atom. The zero-order chi connectivity index (χ0) is 22.4. The van der Waals surface area contributed by atoms with Crippen molar-refractivity contribution >= 4 is 22.8 Å². The van der Waals surface area contributed by atoms with Crippen molar-refractivity contribution in [3.05, 3.63) is 68.5 Å². The number of fused-ring (bicyclic) bond motifs is 1. The molecule has 0 radical (unpaired) electrons. The highest BCUT2D eigenvalue weighted by Gasteiger charge is 2.14. The third-order valence-electron chi connectivity index (χ3n) is 4.55. The first-order chi connectivity index (χ1) is 14.9. The number of carbonyl (C=O) groups is 2. The lowest BCUT2D eigenvalue weighted by Crippen LogP contribution is -2.41. The number of pyridine rings is 1. The molecule has 2 aromatic heterocycles. The van der Waals surface area contributed by atoms with E-state index < -0.39 is 23.1 Å². The number of H-pyrrole nitrogens is 1. The Hall–Kier alpha value is -3.95. The molecule has 3 rings (SSSR count). The van der Waals surface area contributed by atoms with E-state index in [9.17, 15) is 19.2 Å². The van der Waals surface area contributed by atoms with Gasteiger partial charge in [-0.15, -0.1) is 0 Å². The summed E-state index contributed by atoms with van der Waals surface area (Å²) < 4.78 is 6.69. The summed E-state index contributed by atoms with van der Waals surface area (Å²) in [6.45, 7) is 4.75. The highest BCUT2D eigenvalue weighted by atomic mass is 16.5. The largest absolute Gasteiger partial charge is 0.494 e. The Bertz CT molecular complexity index is 1210. The molecule has 0 atom stereocenters. The number of hydrogen-bond donors (Lipinski definition) is 3. The number of aryl methyl sites for hydroxylation is 1. The van der Waals surface area contributed by atoms with Gasteiger partial charge in [0, 0.05) is 18.3 Å². The molecule has 0 bridgehead atoms. The maximum Gasteiger partial charge on any atom is 0.329 e. The SMILES string of the molecule is CCCCn1c(=O)[nH]c(=O)c2cc(C(=O)NNC(=O)c3ccc(OCC)cc3)cnc21. The number of carbonyl (C=O) groups excluding carboxylic acids is 2. The Balaban J connectivity index is 1.75. The summed E-state index contributed by atoms with van der Waals surface area (Å²) in [5, 5.41) is 0.112. The number of rotatable bonds is 7. The molecule has 0 aliphatic rings. The summed E-state index contributed by atoms with van der Waals surface area (Å²) in [5.74, 6) is -0.538. The first-order valence-corrected chi connectivity index (χ1v) is 9.91. The van der Waals surface area contributed by atoms with Crippen LogP contribution < -0.4 is 26.8 Å². The van der Waals surface area contributed by atoms with E-state index in [0.29, 0.717) is 24.5 Å². The first kappa shape index (κ1) is 21.8. The Morgan fingerprint density at radius 2 is 1.74 bits per heavy atom. The standard InChI is InChI=1S/C21H23N5O5/c1-3-5-10-26-17-16(20(29)23-21(26)30)11-14(12-22-17)19(28)25-24-18(27)13-6-8-15(9-7-13)31-4-2/h6-9,11-12H,3-5,10H2,1-2H3,(H,24,27)(H,25,28)(H,23,29,30). The van der Waals surface area contributed by atoms with Gasteiger partial charge in [-0.3, -0.25) is 34.8 Å². The maximum absolute atomic E-state index is 12.4. The fourth-order valence-corrected chi connectivity index (χ4v) is 2.94. The summed E-state index contributed by atoms with van der Waals surface area (Å²) in [6, 6.07) is 7.77. The molecule has 1 aromatic carbocycles. The third kappa shape index (κ3) is 4.97. The molecule has 0 unspecified atom stereocenters. The number of hydrazine groups is 1. The Morgan fingerprint density at radius 3 is 2.39 bits per heavy atom. The zero-order valence-electron chi connectivity index (χ0n) is 17.2. The van der Waals surface area contributed by atoms with E-state index in [0.717, 1.165) is 12.8 Å². The predicted octanol–water partition coefficient (Wildman–Crippen LogP) is 1.36. The second-order valence-electron chi connectivity index (χ2n) is 6.73. The molecule has 2 heterocycles. The van der Waals surface area contributed by atoms with E-state index in [-0.39, 0.29) is 16.6 Å². The number of hydrogen-bond acceptors (Lipinski definition) is 6. The van der Waals surface area contributed by atoms with Gasteiger partial charge in [0.2, 0.25) is 0 Å². The van der Waals surface area contributed by atoms with Gasteiger partial charge in [0.1, 0.15) is 11.4 Å². The van der Waals surface area contributed by atoms with Gasteiger partial charge in [0.15, 0.2) is 0 Å². The highest BCUT2D eigenvalue weighted by molar-refractivity contribution is 6.00. The average molecular weight is 425 g/mol. The van der Waals surface area contributed by atoms with Crippen LogP contribution in [0.4, 0.5) is 0 Å². The van der Waals surface area contributed by atoms with Crippen LogP contribution in [0.2, 0.25) is 0 Å². The van der Waals surface area contributed by atoms with Crippen molar-refractivity contribution in [2.24, 2.45) is 0 Å². The van der Waals surface area contributed by atoms with Gasteiger partial charge in [0.05, 0.1) is 17.6 Å². The van der Waals surface area contributed by atoms with Crippen LogP contribution in [0.3, 0.4) is 0 Å². The topological polar surface area (TPSA) is 135 Å². The molecule has 0 aliphatic carbocycles. The number of aromatic amines is 1. The van der Waals surface area contributed by atoms with Crippen LogP contribution in [0.5, 0.6) is 5.75 Å². The van der Waals surface area contributed by atoms with E-state index >= 15 is 0 Å². The molecule has 0 saturated carbocycles. The van der Waals surface area contributed by atoms with Crippen molar-refractivity contribution in [2.45, 2.75) is 33.2 Å². The normalized spacial score (nSPS) is 10.6. The quantitative estimate of drug-likeness (QED) is 0.489. The molecule has 2 amide bonds. The van der Waals surface area contributed by atoms with Crippen molar-refractivity contribution in [2.75, 3.05) is 6.61 Å². The lowest BCUT2D eigenvalue weighted by molar-refractivity contribution is 0.0846. The Kier molecular flexibility index (Phi) is 6.81. The van der Waals surface area contributed by atoms with Gasteiger partial charge < -0.3 is 4.74 Å². The van der Waals surface area contributed by atoms with Crippen LogP contribution in [0.15, 0.2) is 46.1 Å². The molecular formula is C21H23N5O5. The molecule has 10 heteroatoms. The first-order valence-electron chi connectivity index (χ1n) is 9.91. The lowest BCUT2D eigenvalue weighted by Gasteiger charge is -2.10. The van der Waals surface area contributed by atoms with Crippen molar-refractivity contribution in [3.8, 4) is 5.75 Å². The smallest absolute Gasteiger partial charge is 0.329 e. The Labute approximate surface area is 177 Å². The molecule has 0 aliphatic heterocycles. The van der Waals surface area contributed by atoms with Crippen molar-refractivity contribution in [1.82, 2.24) is 25.4 Å². The number of unbranched alkanes of at least 4 members (excludes halogenated alkanes) is 1. The van der Waals surface area contributed by atoms with Gasteiger partial charge in [-0.25, -0.2) is 9.78 Å². The minimum absolute atomic E-state index is 0.0608. The number of ether oxygens (including phenoxy) is 1. The van der Waals surface area contributed by atoms with Gasteiger partial charge in [-0.05, 0) is 43.7 Å². The average Bonchev–Trinajstić information content (AvgIpc) is 2.77. The van der Waals surface area contributed by atoms with Crippen LogP contribution in [-0.4, -0.2) is 33.0 Å². The van der Waals surface area contributed by atoms with E-state index in [4.69, 9.17) is 4.74 Å². The second-order valence-corrected chi connectivity index (χ2v) is 6.73. The zero-order valence-corrected chi connectivity index (χ0v) is 17.2. The van der Waals surface area contributed by atoms with Gasteiger partial charge >= 0.3 is 5.69 Å². The van der Waals surface area contributed by atoms with Crippen molar-refractivity contribution in [3.63, 3.8) is 0 Å². The fourth-order valence-electron chi connectivity index (χ4n) is 2.94. The van der Waals surface area contributed by atoms with Crippen LogP contribution in [-0.2, 0) is 6.54 Å². The summed E-state index contributed by atoms with van der Waals surface area (Å²) >= 11 is 0. The minimum Gasteiger partial charge on any atom is -0.494 e. The van der Waals surface area contributed by atoms with E-state index in [1.165, 1.54) is 16.8 Å². The molecule has 0 fully saturated rings. The van der Waals surface area contributed by atoms with Crippen molar-refractivity contribution in [1.29, 1.82) is 0 Å². The van der Waals surface area contributed by atoms with Crippen LogP contribution in [0.1, 0.15) is 47.4 Å². The van der Waals surface area contributed by atoms with Gasteiger partial charge in [-0.2, -0.15) is 0 Å². The fraction of sp³-hybridized carbons (Fsp3) is 0.286. The van der Waals surface area contributed by atoms with Gasteiger partial charge in [-0.1, -0.05) is 13.3 Å². The molecule has 10 nitrogen and oxygen atoms in total. The van der Waals surface area contributed by atoms with Crippen LogP contribution in [0.25, 0.3) is 11.0 Å². The van der Waals surface area contributed by atoms with Gasteiger partial charge in [0.25, 0.3) is 17.4 Å². The number of nitrogens with zero attached hydrogens (tertiary/aromatic N) is 2. The highest BCUT2D eigenvalue weighted by Crippen LogP contribution is 2.12. The maximum atomic E-state index is 12.4. The number of benzene rings is 1. The second kappa shape index (κ2) is 9.70. The molecule has 162 valence electrons. The van der Waals surface area contributed by atoms with E-state index in [1.807, 2.05) is 13.8 Å². The number of amides is 2. The lowest BCUT2D eigenvalue weighted by atomic mass is 10.2. The van der Waals surface area contributed by atoms with E-state index in [2.05, 4.69) is 20.8 Å². The monoisotopic (exact) mass is 425 g/mol. The van der Waals surface area contributed by atoms with Crippen LogP contribution in [0, 0.1) is 0 Å². The minimum atomic E-state index is -0.653. The molecular weight excluding hydrogens is 402 g/mol. The predicted molar refractivity (Wildman–Crippen MR) is 114 cm³/mol. The molecule has 31 heavy (non-hydrogen) atoms.